The zero-order chi connectivity index (χ0) is 27.4. The van der Waals surface area contributed by atoms with E-state index in [1.807, 2.05) is 28.1 Å². The van der Waals surface area contributed by atoms with Crippen LogP contribution in [0.5, 0.6) is 0 Å². The Hall–Kier alpha value is -0.980. The van der Waals surface area contributed by atoms with E-state index in [0.717, 1.165) is 32.1 Å². The van der Waals surface area contributed by atoms with Crippen LogP contribution in [0.4, 0.5) is 0 Å². The van der Waals surface area contributed by atoms with Crippen molar-refractivity contribution in [2.45, 2.75) is 122 Å². The average Bonchev–Trinajstić information content (AvgIpc) is 2.78. The maximum Gasteiger partial charge on any atom is 0.472 e. The zero-order valence-corrected chi connectivity index (χ0v) is 25.0. The van der Waals surface area contributed by atoms with Crippen molar-refractivity contribution in [2.75, 3.05) is 34.3 Å². The van der Waals surface area contributed by atoms with Gasteiger partial charge in [0.25, 0.3) is 0 Å². The molecule has 0 radical (unpaired) electrons. The van der Waals surface area contributed by atoms with E-state index in [2.05, 4.69) is 24.3 Å². The van der Waals surface area contributed by atoms with Gasteiger partial charge in [-0.05, 0) is 39.0 Å². The summed E-state index contributed by atoms with van der Waals surface area (Å²) >= 11 is 0. The number of quaternary nitrogens is 1. The Bertz CT molecular complexity index is 703. The highest BCUT2D eigenvalue weighted by Gasteiger charge is 2.29. The molecule has 1 aliphatic rings. The second kappa shape index (κ2) is 20.0. The molecule has 0 aromatic carbocycles. The van der Waals surface area contributed by atoms with Crippen LogP contribution in [0.1, 0.15) is 110 Å². The molecule has 0 saturated carbocycles. The standard InChI is InChI=1S/C29H54NO6P/c1-27-22-20-18-16-14-12-10-8-6-5-7-9-11-13-15-17-19-21-23-28(26-29(31)35-27)36-37(32,33)34-25-24-30(2,3)4/h10,12,18,20,27-28H,5-9,11,13-17,19,21-26H2,1-4H3/p+1/b12-10+,20-18-. The summed E-state index contributed by atoms with van der Waals surface area (Å²) in [5.41, 5.74) is 0. The van der Waals surface area contributed by atoms with Crippen molar-refractivity contribution < 1.29 is 32.5 Å². The van der Waals surface area contributed by atoms with Gasteiger partial charge in [0.2, 0.25) is 0 Å². The van der Waals surface area contributed by atoms with Crippen molar-refractivity contribution in [2.24, 2.45) is 0 Å². The summed E-state index contributed by atoms with van der Waals surface area (Å²) in [6.45, 7) is 2.54. The molecule has 1 N–H and O–H groups in total. The van der Waals surface area contributed by atoms with E-state index in [4.69, 9.17) is 13.8 Å². The van der Waals surface area contributed by atoms with E-state index < -0.39 is 19.9 Å². The fourth-order valence-corrected chi connectivity index (χ4v) is 5.16. The van der Waals surface area contributed by atoms with Crippen LogP contribution in [-0.4, -0.2) is 61.8 Å². The highest BCUT2D eigenvalue weighted by atomic mass is 31.2. The van der Waals surface area contributed by atoms with Gasteiger partial charge in [-0.15, -0.1) is 0 Å². The normalized spacial score (nSPS) is 26.8. The third-order valence-electron chi connectivity index (χ3n) is 6.47. The quantitative estimate of drug-likeness (QED) is 0.161. The molecule has 0 saturated heterocycles. The summed E-state index contributed by atoms with van der Waals surface area (Å²) in [6, 6.07) is 0. The van der Waals surface area contributed by atoms with Gasteiger partial charge < -0.3 is 14.1 Å². The predicted octanol–water partition coefficient (Wildman–Crippen LogP) is 7.49. The van der Waals surface area contributed by atoms with Crippen molar-refractivity contribution in [1.82, 2.24) is 0 Å². The van der Waals surface area contributed by atoms with Crippen molar-refractivity contribution in [1.29, 1.82) is 0 Å². The number of nitrogens with zero attached hydrogens (tertiary/aromatic N) is 1. The molecule has 37 heavy (non-hydrogen) atoms. The summed E-state index contributed by atoms with van der Waals surface area (Å²) in [5, 5.41) is 0. The number of allylic oxidation sites excluding steroid dienone is 3. The Morgan fingerprint density at radius 2 is 1.43 bits per heavy atom. The fourth-order valence-electron chi connectivity index (χ4n) is 4.23. The largest absolute Gasteiger partial charge is 0.472 e. The lowest BCUT2D eigenvalue weighted by Gasteiger charge is -2.25. The first-order chi connectivity index (χ1) is 17.6. The molecule has 7 nitrogen and oxygen atoms in total. The first kappa shape index (κ1) is 34.0. The minimum Gasteiger partial charge on any atom is -0.462 e. The van der Waals surface area contributed by atoms with E-state index in [-0.39, 0.29) is 19.1 Å². The van der Waals surface area contributed by atoms with Crippen LogP contribution >= 0.6 is 7.82 Å². The van der Waals surface area contributed by atoms with E-state index >= 15 is 0 Å². The molecular weight excluding hydrogens is 489 g/mol. The Kier molecular flexibility index (Phi) is 18.4. The van der Waals surface area contributed by atoms with Crippen molar-refractivity contribution in [3.05, 3.63) is 24.3 Å². The topological polar surface area (TPSA) is 82.1 Å². The maximum atomic E-state index is 12.6. The lowest BCUT2D eigenvalue weighted by atomic mass is 10.0. The summed E-state index contributed by atoms with van der Waals surface area (Å²) in [6.07, 6.45) is 24.0. The number of ether oxygens (including phenoxy) is 1. The van der Waals surface area contributed by atoms with Gasteiger partial charge in [-0.1, -0.05) is 82.1 Å². The SMILES string of the molecule is CC1C/C=C\CC/C=C/CCCCCCCCCCCCC(OP(=O)(O)OCC[N+](C)(C)C)CC(=O)O1. The highest BCUT2D eigenvalue weighted by molar-refractivity contribution is 7.47. The van der Waals surface area contributed by atoms with Crippen LogP contribution in [-0.2, 0) is 23.1 Å². The first-order valence-corrected chi connectivity index (χ1v) is 16.0. The molecule has 1 aliphatic heterocycles. The van der Waals surface area contributed by atoms with Gasteiger partial charge in [-0.3, -0.25) is 13.8 Å². The number of phosphoric ester groups is 1. The molecule has 216 valence electrons. The van der Waals surface area contributed by atoms with Crippen molar-refractivity contribution in [3.8, 4) is 0 Å². The molecule has 0 bridgehead atoms. The van der Waals surface area contributed by atoms with Gasteiger partial charge in [0.15, 0.2) is 0 Å². The Balaban J connectivity index is 2.65. The predicted molar refractivity (Wildman–Crippen MR) is 151 cm³/mol. The van der Waals surface area contributed by atoms with E-state index in [1.54, 1.807) is 0 Å². The number of phosphoric acid groups is 1. The number of carbonyl (C=O) groups is 1. The fraction of sp³-hybridized carbons (Fsp3) is 0.828. The molecule has 0 amide bonds. The van der Waals surface area contributed by atoms with E-state index in [1.165, 1.54) is 51.4 Å². The number of hydrogen-bond acceptors (Lipinski definition) is 5. The van der Waals surface area contributed by atoms with Crippen molar-refractivity contribution in [3.63, 3.8) is 0 Å². The van der Waals surface area contributed by atoms with Crippen molar-refractivity contribution >= 4 is 13.8 Å². The summed E-state index contributed by atoms with van der Waals surface area (Å²) in [5.74, 6) is -0.408. The molecule has 3 unspecified atom stereocenters. The van der Waals surface area contributed by atoms with Crippen LogP contribution in [0.2, 0.25) is 0 Å². The molecule has 0 aromatic heterocycles. The van der Waals surface area contributed by atoms with Crippen LogP contribution in [0, 0.1) is 0 Å². The lowest BCUT2D eigenvalue weighted by Crippen LogP contribution is -2.37. The highest BCUT2D eigenvalue weighted by Crippen LogP contribution is 2.45. The zero-order valence-electron chi connectivity index (χ0n) is 24.1. The third kappa shape index (κ3) is 21.6. The van der Waals surface area contributed by atoms with Gasteiger partial charge in [0.1, 0.15) is 19.3 Å². The van der Waals surface area contributed by atoms with Crippen LogP contribution < -0.4 is 0 Å². The third-order valence-corrected chi connectivity index (χ3v) is 7.55. The molecule has 8 heteroatoms. The molecule has 0 aromatic rings. The van der Waals surface area contributed by atoms with Crippen LogP contribution in [0.15, 0.2) is 24.3 Å². The summed E-state index contributed by atoms with van der Waals surface area (Å²) < 4.78 is 29.4. The number of likely N-dealkylation sites (N-methyl/N-ethyl adjacent to an activating group) is 1. The monoisotopic (exact) mass is 544 g/mol. The minimum atomic E-state index is -4.26. The Morgan fingerprint density at radius 3 is 2.05 bits per heavy atom. The summed E-state index contributed by atoms with van der Waals surface area (Å²) in [4.78, 5) is 22.9. The smallest absolute Gasteiger partial charge is 0.462 e. The summed E-state index contributed by atoms with van der Waals surface area (Å²) in [7, 11) is 1.68. The molecule has 3 atom stereocenters. The molecule has 1 rings (SSSR count). The van der Waals surface area contributed by atoms with Gasteiger partial charge in [0, 0.05) is 6.42 Å². The van der Waals surface area contributed by atoms with Crippen LogP contribution in [0.3, 0.4) is 0 Å². The van der Waals surface area contributed by atoms with Gasteiger partial charge in [-0.25, -0.2) is 4.57 Å². The van der Waals surface area contributed by atoms with E-state index in [9.17, 15) is 14.3 Å². The number of esters is 1. The number of carbonyl (C=O) groups excluding carboxylic acids is 1. The van der Waals surface area contributed by atoms with Gasteiger partial charge in [0.05, 0.1) is 33.7 Å². The molecule has 0 fully saturated rings. The minimum absolute atomic E-state index is 0.0535. The van der Waals surface area contributed by atoms with Gasteiger partial charge >= 0.3 is 13.8 Å². The Labute approximate surface area is 226 Å². The average molecular weight is 545 g/mol. The second-order valence-corrected chi connectivity index (χ2v) is 12.8. The molecular formula is C29H55NO6P+. The van der Waals surface area contributed by atoms with Gasteiger partial charge in [-0.2, -0.15) is 0 Å². The van der Waals surface area contributed by atoms with E-state index in [0.29, 0.717) is 23.9 Å². The number of rotatable bonds is 6. The first-order valence-electron chi connectivity index (χ1n) is 14.5. The lowest BCUT2D eigenvalue weighted by molar-refractivity contribution is -0.870. The second-order valence-electron chi connectivity index (χ2n) is 11.4. The van der Waals surface area contributed by atoms with Crippen LogP contribution in [0.25, 0.3) is 0 Å². The Morgan fingerprint density at radius 1 is 0.892 bits per heavy atom. The maximum absolute atomic E-state index is 12.6. The molecule has 0 aliphatic carbocycles. The number of hydrogen-bond donors (Lipinski definition) is 1. The molecule has 0 spiro atoms. The molecule has 1 heterocycles. The number of cyclic esters (lactones) is 1.